The molecular weight excluding hydrogens is 426 g/mol. The van der Waals surface area contributed by atoms with Crippen LogP contribution in [0, 0.1) is 6.92 Å². The largest absolute Gasteiger partial charge is 0.491 e. The number of aromatic nitrogens is 4. The van der Waals surface area contributed by atoms with Gasteiger partial charge in [0.1, 0.15) is 23.8 Å². The lowest BCUT2D eigenvalue weighted by Crippen LogP contribution is -2.30. The lowest BCUT2D eigenvalue weighted by Gasteiger charge is -2.26. The smallest absolute Gasteiger partial charge is 0.222 e. The number of rotatable bonds is 8. The number of ether oxygens (including phenoxy) is 4. The molecule has 1 N–H and O–H groups in total. The van der Waals surface area contributed by atoms with Gasteiger partial charge >= 0.3 is 0 Å². The van der Waals surface area contributed by atoms with E-state index >= 15 is 0 Å². The fourth-order valence-corrected chi connectivity index (χ4v) is 3.79. The number of hydrogen-bond donors (Lipinski definition) is 1. The third-order valence-electron chi connectivity index (χ3n) is 5.79. The fourth-order valence-electron chi connectivity index (χ4n) is 3.79. The number of methoxy groups -OCH3 is 2. The van der Waals surface area contributed by atoms with Crippen molar-refractivity contribution in [3.63, 3.8) is 0 Å². The average molecular weight is 456 g/mol. The molecule has 10 heteroatoms. The fraction of sp³-hybridized carbons (Fsp3) is 0.478. The minimum atomic E-state index is -0.665. The number of carbonyl (C=O) groups excluding carboxylic acids is 1. The highest BCUT2D eigenvalue weighted by Gasteiger charge is 2.39. The summed E-state index contributed by atoms with van der Waals surface area (Å²) >= 11 is 0. The van der Waals surface area contributed by atoms with Gasteiger partial charge in [0.25, 0.3) is 0 Å². The van der Waals surface area contributed by atoms with E-state index in [0.29, 0.717) is 49.3 Å². The summed E-state index contributed by atoms with van der Waals surface area (Å²) in [4.78, 5) is 20.7. The molecule has 0 aromatic carbocycles. The number of nitrogens with one attached hydrogen (secondary N) is 1. The normalized spacial score (nSPS) is 19.1. The number of fused-ring (bicyclic) bond motifs is 1. The van der Waals surface area contributed by atoms with Crippen molar-refractivity contribution in [2.75, 3.05) is 39.4 Å². The van der Waals surface area contributed by atoms with E-state index in [9.17, 15) is 4.79 Å². The molecule has 1 saturated heterocycles. The Morgan fingerprint density at radius 1 is 1.33 bits per heavy atom. The SMILES string of the molecule is COC(C)COc1cc(-n2nc(C)c3cnc(NC(C)=O)cc32)nc(C2(OC)CCOC2)c1. The molecule has 1 aliphatic rings. The lowest BCUT2D eigenvalue weighted by atomic mass is 9.97. The van der Waals surface area contributed by atoms with Crippen LogP contribution in [0.2, 0.25) is 0 Å². The second-order valence-corrected chi connectivity index (χ2v) is 8.17. The van der Waals surface area contributed by atoms with Crippen LogP contribution in [-0.2, 0) is 24.6 Å². The maximum Gasteiger partial charge on any atom is 0.222 e. The van der Waals surface area contributed by atoms with Crippen molar-refractivity contribution in [1.29, 1.82) is 0 Å². The van der Waals surface area contributed by atoms with Gasteiger partial charge in [-0.15, -0.1) is 0 Å². The molecule has 0 aliphatic carbocycles. The van der Waals surface area contributed by atoms with E-state index in [0.717, 1.165) is 16.6 Å². The number of aryl methyl sites for hydroxylation is 1. The Bertz CT molecular complexity index is 1160. The van der Waals surface area contributed by atoms with Gasteiger partial charge in [-0.3, -0.25) is 4.79 Å². The first kappa shape index (κ1) is 23.1. The Kier molecular flexibility index (Phi) is 6.59. The quantitative estimate of drug-likeness (QED) is 0.552. The van der Waals surface area contributed by atoms with Gasteiger partial charge in [-0.2, -0.15) is 5.10 Å². The number of amides is 1. The molecule has 0 spiro atoms. The highest BCUT2D eigenvalue weighted by atomic mass is 16.6. The molecule has 1 amide bonds. The summed E-state index contributed by atoms with van der Waals surface area (Å²) in [6.45, 7) is 6.66. The summed E-state index contributed by atoms with van der Waals surface area (Å²) < 4.78 is 24.6. The van der Waals surface area contributed by atoms with E-state index < -0.39 is 5.60 Å². The van der Waals surface area contributed by atoms with E-state index in [1.54, 1.807) is 31.2 Å². The first-order chi connectivity index (χ1) is 15.8. The first-order valence-corrected chi connectivity index (χ1v) is 10.8. The Balaban J connectivity index is 1.84. The number of nitrogens with zero attached hydrogens (tertiary/aromatic N) is 4. The van der Waals surface area contributed by atoms with Gasteiger partial charge in [0.05, 0.1) is 29.6 Å². The standard InChI is InChI=1S/C23H29N5O5/c1-14(30-4)12-33-17-8-20(23(31-5)6-7-32-13-23)26-22(9-17)28-19-10-21(25-16(3)29)24-11-18(19)15(2)27-28/h8-11,14H,6-7,12-13H2,1-5H3,(H,24,25,29). The second kappa shape index (κ2) is 9.42. The predicted molar refractivity (Wildman–Crippen MR) is 122 cm³/mol. The van der Waals surface area contributed by atoms with E-state index in [4.69, 9.17) is 29.0 Å². The molecule has 10 nitrogen and oxygen atoms in total. The Morgan fingerprint density at radius 3 is 2.82 bits per heavy atom. The highest BCUT2D eigenvalue weighted by Crippen LogP contribution is 2.35. The zero-order valence-corrected chi connectivity index (χ0v) is 19.5. The van der Waals surface area contributed by atoms with Crippen LogP contribution in [0.15, 0.2) is 24.4 Å². The van der Waals surface area contributed by atoms with E-state index in [1.807, 2.05) is 26.0 Å². The summed E-state index contributed by atoms with van der Waals surface area (Å²) in [6, 6.07) is 5.49. The van der Waals surface area contributed by atoms with Crippen molar-refractivity contribution in [3.05, 3.63) is 35.8 Å². The molecule has 0 radical (unpaired) electrons. The Hall–Kier alpha value is -3.08. The number of carbonyl (C=O) groups is 1. The van der Waals surface area contributed by atoms with Crippen LogP contribution < -0.4 is 10.1 Å². The second-order valence-electron chi connectivity index (χ2n) is 8.17. The molecule has 176 valence electrons. The van der Waals surface area contributed by atoms with E-state index in [-0.39, 0.29) is 12.0 Å². The van der Waals surface area contributed by atoms with Gasteiger partial charge in [-0.1, -0.05) is 0 Å². The van der Waals surface area contributed by atoms with Gasteiger partial charge in [0.15, 0.2) is 5.82 Å². The van der Waals surface area contributed by atoms with Gasteiger partial charge in [0, 0.05) is 64.0 Å². The zero-order valence-electron chi connectivity index (χ0n) is 19.5. The molecule has 0 saturated carbocycles. The van der Waals surface area contributed by atoms with Crippen molar-refractivity contribution in [2.45, 2.75) is 38.9 Å². The summed E-state index contributed by atoms with van der Waals surface area (Å²) in [5.74, 6) is 1.43. The van der Waals surface area contributed by atoms with Crippen molar-refractivity contribution in [3.8, 4) is 11.6 Å². The topological polar surface area (TPSA) is 110 Å². The molecule has 2 atom stereocenters. The molecule has 33 heavy (non-hydrogen) atoms. The van der Waals surface area contributed by atoms with Crippen molar-refractivity contribution in [1.82, 2.24) is 19.7 Å². The monoisotopic (exact) mass is 455 g/mol. The first-order valence-electron chi connectivity index (χ1n) is 10.8. The maximum atomic E-state index is 11.5. The van der Waals surface area contributed by atoms with Crippen LogP contribution in [0.5, 0.6) is 5.75 Å². The molecule has 1 aliphatic heterocycles. The van der Waals surface area contributed by atoms with Gasteiger partial charge < -0.3 is 24.3 Å². The Morgan fingerprint density at radius 2 is 2.15 bits per heavy atom. The number of anilines is 1. The summed E-state index contributed by atoms with van der Waals surface area (Å²) in [5, 5.41) is 8.28. The molecule has 3 aromatic heterocycles. The molecule has 0 bridgehead atoms. The van der Waals surface area contributed by atoms with Gasteiger partial charge in [0.2, 0.25) is 5.91 Å². The van der Waals surface area contributed by atoms with Crippen LogP contribution in [0.25, 0.3) is 16.7 Å². The number of hydrogen-bond acceptors (Lipinski definition) is 8. The molecular formula is C23H29N5O5. The van der Waals surface area contributed by atoms with Crippen LogP contribution in [0.3, 0.4) is 0 Å². The van der Waals surface area contributed by atoms with E-state index in [1.165, 1.54) is 6.92 Å². The molecule has 1 fully saturated rings. The minimum Gasteiger partial charge on any atom is -0.491 e. The molecule has 2 unspecified atom stereocenters. The predicted octanol–water partition coefficient (Wildman–Crippen LogP) is 2.76. The lowest BCUT2D eigenvalue weighted by molar-refractivity contribution is -0.114. The van der Waals surface area contributed by atoms with Crippen LogP contribution >= 0.6 is 0 Å². The Labute approximate surface area is 192 Å². The third kappa shape index (κ3) is 4.68. The molecule has 4 heterocycles. The summed E-state index contributed by atoms with van der Waals surface area (Å²) in [6.07, 6.45) is 2.31. The summed E-state index contributed by atoms with van der Waals surface area (Å²) in [7, 11) is 3.31. The molecule has 4 rings (SSSR count). The number of pyridine rings is 2. The highest BCUT2D eigenvalue weighted by molar-refractivity contribution is 5.91. The summed E-state index contributed by atoms with van der Waals surface area (Å²) in [5.41, 5.74) is 1.60. The third-order valence-corrected chi connectivity index (χ3v) is 5.79. The van der Waals surface area contributed by atoms with Crippen LogP contribution in [0.4, 0.5) is 5.82 Å². The average Bonchev–Trinajstić information content (AvgIpc) is 3.42. The van der Waals surface area contributed by atoms with Crippen molar-refractivity contribution >= 4 is 22.6 Å². The van der Waals surface area contributed by atoms with Crippen LogP contribution in [0.1, 0.15) is 31.7 Å². The van der Waals surface area contributed by atoms with Gasteiger partial charge in [-0.05, 0) is 13.8 Å². The zero-order chi connectivity index (χ0) is 23.6. The molecule has 3 aromatic rings. The van der Waals surface area contributed by atoms with Crippen molar-refractivity contribution in [2.24, 2.45) is 0 Å². The van der Waals surface area contributed by atoms with Gasteiger partial charge in [-0.25, -0.2) is 14.6 Å². The van der Waals surface area contributed by atoms with Crippen molar-refractivity contribution < 1.29 is 23.7 Å². The minimum absolute atomic E-state index is 0.0738. The van der Waals surface area contributed by atoms with E-state index in [2.05, 4.69) is 10.3 Å². The van der Waals surface area contributed by atoms with Crippen LogP contribution in [-0.4, -0.2) is 65.8 Å². The maximum absolute atomic E-state index is 11.5.